The van der Waals surface area contributed by atoms with Crippen molar-refractivity contribution in [2.24, 2.45) is 0 Å². The number of aromatic amines is 1. The molecule has 0 bridgehead atoms. The zero-order chi connectivity index (χ0) is 13.9. The van der Waals surface area contributed by atoms with E-state index < -0.39 is 10.0 Å². The first-order valence-electron chi connectivity index (χ1n) is 5.19. The Morgan fingerprint density at radius 2 is 2.26 bits per heavy atom. The fraction of sp³-hybridized carbons (Fsp3) is 0.0909. The van der Waals surface area contributed by atoms with Gasteiger partial charge < -0.3 is 4.98 Å². The normalized spacial score (nSPS) is 11.2. The van der Waals surface area contributed by atoms with E-state index in [2.05, 4.69) is 14.7 Å². The second kappa shape index (κ2) is 5.40. The molecule has 0 atom stereocenters. The minimum atomic E-state index is -3.78. The summed E-state index contributed by atoms with van der Waals surface area (Å²) in [5, 5.41) is 8.84. The van der Waals surface area contributed by atoms with Crippen molar-refractivity contribution in [2.45, 2.75) is 11.4 Å². The number of imidazole rings is 1. The summed E-state index contributed by atoms with van der Waals surface area (Å²) in [6.07, 6.45) is 2.96. The third-order valence-electron chi connectivity index (χ3n) is 2.36. The molecular weight excluding hydrogens is 288 g/mol. The maximum absolute atomic E-state index is 12.1. The standard InChI is InChI=1S/C11H9ClN4O2S/c12-10-2-1-8(4-13)3-11(10)19(17,18)16-6-9-5-14-7-15-9/h1-3,5,7,16H,6H2,(H,14,15). The van der Waals surface area contributed by atoms with Gasteiger partial charge in [0.25, 0.3) is 0 Å². The zero-order valence-electron chi connectivity index (χ0n) is 9.59. The van der Waals surface area contributed by atoms with Gasteiger partial charge in [-0.3, -0.25) is 0 Å². The van der Waals surface area contributed by atoms with E-state index >= 15 is 0 Å². The number of aromatic nitrogens is 2. The summed E-state index contributed by atoms with van der Waals surface area (Å²) in [5.74, 6) is 0. The molecule has 0 saturated carbocycles. The number of nitriles is 1. The molecule has 0 fully saturated rings. The molecule has 0 amide bonds. The van der Waals surface area contributed by atoms with Crippen LogP contribution in [0.25, 0.3) is 0 Å². The Labute approximate surface area is 115 Å². The molecule has 8 heteroatoms. The van der Waals surface area contributed by atoms with Crippen molar-refractivity contribution >= 4 is 21.6 Å². The quantitative estimate of drug-likeness (QED) is 0.891. The van der Waals surface area contributed by atoms with Crippen molar-refractivity contribution < 1.29 is 8.42 Å². The van der Waals surface area contributed by atoms with E-state index in [1.165, 1.54) is 30.7 Å². The van der Waals surface area contributed by atoms with Gasteiger partial charge in [-0.15, -0.1) is 0 Å². The highest BCUT2D eigenvalue weighted by molar-refractivity contribution is 7.89. The molecule has 1 aromatic carbocycles. The van der Waals surface area contributed by atoms with Gasteiger partial charge in [0, 0.05) is 11.9 Å². The molecule has 2 rings (SSSR count). The number of hydrogen-bond acceptors (Lipinski definition) is 4. The lowest BCUT2D eigenvalue weighted by atomic mass is 10.2. The maximum atomic E-state index is 12.1. The minimum absolute atomic E-state index is 0.0649. The van der Waals surface area contributed by atoms with Crippen LogP contribution in [-0.2, 0) is 16.6 Å². The number of hydrogen-bond donors (Lipinski definition) is 2. The SMILES string of the molecule is N#Cc1ccc(Cl)c(S(=O)(=O)NCc2cnc[nH]2)c1. The van der Waals surface area contributed by atoms with E-state index in [1.807, 2.05) is 6.07 Å². The fourth-order valence-electron chi connectivity index (χ4n) is 1.41. The van der Waals surface area contributed by atoms with Crippen LogP contribution in [0.2, 0.25) is 5.02 Å². The third-order valence-corrected chi connectivity index (χ3v) is 4.24. The van der Waals surface area contributed by atoms with Crippen molar-refractivity contribution in [1.29, 1.82) is 5.26 Å². The molecular formula is C11H9ClN4O2S. The van der Waals surface area contributed by atoms with Gasteiger partial charge in [0.15, 0.2) is 0 Å². The molecule has 0 aliphatic rings. The molecule has 0 aliphatic carbocycles. The summed E-state index contributed by atoms with van der Waals surface area (Å²) in [7, 11) is -3.78. The van der Waals surface area contributed by atoms with Crippen LogP contribution >= 0.6 is 11.6 Å². The number of nitrogens with zero attached hydrogens (tertiary/aromatic N) is 2. The third kappa shape index (κ3) is 3.12. The Hall–Kier alpha value is -1.88. The monoisotopic (exact) mass is 296 g/mol. The van der Waals surface area contributed by atoms with E-state index in [9.17, 15) is 8.42 Å². The second-order valence-electron chi connectivity index (χ2n) is 3.66. The Bertz CT molecular complexity index is 720. The summed E-state index contributed by atoms with van der Waals surface area (Å²) in [5.41, 5.74) is 0.849. The van der Waals surface area contributed by atoms with Gasteiger partial charge in [-0.1, -0.05) is 11.6 Å². The first-order chi connectivity index (χ1) is 9.03. The first kappa shape index (κ1) is 13.5. The average molecular weight is 297 g/mol. The summed E-state index contributed by atoms with van der Waals surface area (Å²) in [6, 6.07) is 5.94. The molecule has 98 valence electrons. The van der Waals surface area contributed by atoms with Crippen LogP contribution in [0.3, 0.4) is 0 Å². The number of nitrogens with one attached hydrogen (secondary N) is 2. The van der Waals surface area contributed by atoms with E-state index in [-0.39, 0.29) is 22.0 Å². The number of rotatable bonds is 4. The van der Waals surface area contributed by atoms with Crippen LogP contribution in [0.5, 0.6) is 0 Å². The van der Waals surface area contributed by atoms with Gasteiger partial charge in [-0.2, -0.15) is 5.26 Å². The Kier molecular flexibility index (Phi) is 3.85. The fourth-order valence-corrected chi connectivity index (χ4v) is 2.94. The lowest BCUT2D eigenvalue weighted by molar-refractivity contribution is 0.580. The minimum Gasteiger partial charge on any atom is -0.347 e. The van der Waals surface area contributed by atoms with E-state index in [4.69, 9.17) is 16.9 Å². The van der Waals surface area contributed by atoms with Gasteiger partial charge in [0.1, 0.15) is 4.90 Å². The molecule has 1 heterocycles. The van der Waals surface area contributed by atoms with Crippen molar-refractivity contribution in [3.8, 4) is 6.07 Å². The molecule has 19 heavy (non-hydrogen) atoms. The number of halogens is 1. The summed E-state index contributed by atoms with van der Waals surface area (Å²) < 4.78 is 26.5. The smallest absolute Gasteiger partial charge is 0.242 e. The van der Waals surface area contributed by atoms with Crippen molar-refractivity contribution in [3.63, 3.8) is 0 Å². The second-order valence-corrected chi connectivity index (χ2v) is 5.80. The lowest BCUT2D eigenvalue weighted by Gasteiger charge is -2.07. The number of benzene rings is 1. The topological polar surface area (TPSA) is 98.6 Å². The van der Waals surface area contributed by atoms with Gasteiger partial charge in [0.05, 0.1) is 29.5 Å². The molecule has 0 saturated heterocycles. The zero-order valence-corrected chi connectivity index (χ0v) is 11.2. The van der Waals surface area contributed by atoms with Crippen LogP contribution in [0.15, 0.2) is 35.6 Å². The van der Waals surface area contributed by atoms with Crippen LogP contribution < -0.4 is 4.72 Å². The van der Waals surface area contributed by atoms with Crippen LogP contribution in [-0.4, -0.2) is 18.4 Å². The summed E-state index contributed by atoms with van der Waals surface area (Å²) >= 11 is 5.85. The lowest BCUT2D eigenvalue weighted by Crippen LogP contribution is -2.23. The molecule has 0 aliphatic heterocycles. The van der Waals surface area contributed by atoms with Gasteiger partial charge in [0.2, 0.25) is 10.0 Å². The number of sulfonamides is 1. The molecule has 0 spiro atoms. The van der Waals surface area contributed by atoms with Crippen molar-refractivity contribution in [3.05, 3.63) is 47.0 Å². The predicted octanol–water partition coefficient (Wildman–Crippen LogP) is 1.41. The molecule has 2 N–H and O–H groups in total. The highest BCUT2D eigenvalue weighted by Crippen LogP contribution is 2.22. The van der Waals surface area contributed by atoms with E-state index in [0.717, 1.165) is 0 Å². The molecule has 2 aromatic rings. The largest absolute Gasteiger partial charge is 0.347 e. The predicted molar refractivity (Wildman–Crippen MR) is 68.8 cm³/mol. The Balaban J connectivity index is 2.27. The van der Waals surface area contributed by atoms with Crippen LogP contribution in [0.4, 0.5) is 0 Å². The van der Waals surface area contributed by atoms with Gasteiger partial charge in [-0.05, 0) is 18.2 Å². The number of H-pyrrole nitrogens is 1. The molecule has 1 aromatic heterocycles. The highest BCUT2D eigenvalue weighted by Gasteiger charge is 2.18. The first-order valence-corrected chi connectivity index (χ1v) is 7.05. The van der Waals surface area contributed by atoms with Crippen molar-refractivity contribution in [2.75, 3.05) is 0 Å². The average Bonchev–Trinajstić information content (AvgIpc) is 2.90. The maximum Gasteiger partial charge on any atom is 0.242 e. The van der Waals surface area contributed by atoms with Crippen molar-refractivity contribution in [1.82, 2.24) is 14.7 Å². The van der Waals surface area contributed by atoms with Crippen LogP contribution in [0.1, 0.15) is 11.3 Å². The van der Waals surface area contributed by atoms with Gasteiger partial charge >= 0.3 is 0 Å². The highest BCUT2D eigenvalue weighted by atomic mass is 35.5. The molecule has 0 unspecified atom stereocenters. The summed E-state index contributed by atoms with van der Waals surface area (Å²) in [4.78, 5) is 6.44. The van der Waals surface area contributed by atoms with Crippen LogP contribution in [0, 0.1) is 11.3 Å². The Morgan fingerprint density at radius 3 is 2.89 bits per heavy atom. The molecule has 6 nitrogen and oxygen atoms in total. The van der Waals surface area contributed by atoms with Gasteiger partial charge in [-0.25, -0.2) is 18.1 Å². The van der Waals surface area contributed by atoms with E-state index in [0.29, 0.717) is 5.69 Å². The van der Waals surface area contributed by atoms with E-state index in [1.54, 1.807) is 0 Å². The molecule has 0 radical (unpaired) electrons. The summed E-state index contributed by atoms with van der Waals surface area (Å²) in [6.45, 7) is 0.0649. The Morgan fingerprint density at radius 1 is 1.47 bits per heavy atom.